The van der Waals surface area contributed by atoms with Crippen LogP contribution in [0, 0.1) is 6.92 Å². The summed E-state index contributed by atoms with van der Waals surface area (Å²) >= 11 is 0. The van der Waals surface area contributed by atoms with E-state index in [0.717, 1.165) is 11.3 Å². The summed E-state index contributed by atoms with van der Waals surface area (Å²) in [5.74, 6) is 0.723. The Morgan fingerprint density at radius 1 is 1.54 bits per heavy atom. The number of carbonyl (C=O) groups excluding carboxylic acids is 1. The molecule has 1 aromatic heterocycles. The van der Waals surface area contributed by atoms with Gasteiger partial charge in [-0.2, -0.15) is 0 Å². The van der Waals surface area contributed by atoms with Crippen LogP contribution in [0.4, 0.5) is 0 Å². The van der Waals surface area contributed by atoms with Gasteiger partial charge in [-0.05, 0) is 6.08 Å². The van der Waals surface area contributed by atoms with Crippen molar-refractivity contribution in [3.63, 3.8) is 0 Å². The maximum absolute atomic E-state index is 11.1. The van der Waals surface area contributed by atoms with Gasteiger partial charge in [0.1, 0.15) is 12.0 Å². The van der Waals surface area contributed by atoms with Gasteiger partial charge in [-0.1, -0.05) is 12.2 Å². The lowest BCUT2D eigenvalue weighted by molar-refractivity contribution is -0.113. The average Bonchev–Trinajstić information content (AvgIpc) is 2.52. The van der Waals surface area contributed by atoms with Crippen LogP contribution in [-0.4, -0.2) is 10.8 Å². The highest BCUT2D eigenvalue weighted by atomic mass is 16.3. The van der Waals surface area contributed by atoms with Crippen molar-refractivity contribution in [2.24, 2.45) is 0 Å². The zero-order chi connectivity index (χ0) is 9.26. The van der Waals surface area contributed by atoms with E-state index in [1.165, 1.54) is 0 Å². The van der Waals surface area contributed by atoms with Gasteiger partial charge in [-0.25, -0.2) is 4.98 Å². The minimum absolute atomic E-state index is 0.109. The van der Waals surface area contributed by atoms with Crippen LogP contribution in [0.2, 0.25) is 0 Å². The third kappa shape index (κ3) is 1.59. The third-order valence-electron chi connectivity index (χ3n) is 1.85. The molecule has 13 heavy (non-hydrogen) atoms. The van der Waals surface area contributed by atoms with Crippen LogP contribution in [0.25, 0.3) is 5.57 Å². The first-order chi connectivity index (χ1) is 6.25. The number of nitrogens with zero attached hydrogens (tertiary/aromatic N) is 1. The fraction of sp³-hybridized carbons (Fsp3) is 0.200. The monoisotopic (exact) mass is 175 g/mol. The Kier molecular flexibility index (Phi) is 1.85. The molecule has 3 heteroatoms. The molecule has 0 unspecified atom stereocenters. The maximum atomic E-state index is 11.1. The molecule has 3 nitrogen and oxygen atoms in total. The van der Waals surface area contributed by atoms with Gasteiger partial charge in [0.25, 0.3) is 0 Å². The summed E-state index contributed by atoms with van der Waals surface area (Å²) in [7, 11) is 0. The van der Waals surface area contributed by atoms with Crippen LogP contribution in [-0.2, 0) is 4.79 Å². The number of hydrogen-bond acceptors (Lipinski definition) is 3. The van der Waals surface area contributed by atoms with Crippen molar-refractivity contribution in [2.45, 2.75) is 13.3 Å². The highest BCUT2D eigenvalue weighted by Crippen LogP contribution is 2.18. The second-order valence-corrected chi connectivity index (χ2v) is 2.92. The van der Waals surface area contributed by atoms with E-state index in [0.29, 0.717) is 12.3 Å². The van der Waals surface area contributed by atoms with E-state index in [9.17, 15) is 4.79 Å². The molecule has 0 aliphatic heterocycles. The molecule has 1 aliphatic rings. The first-order valence-electron chi connectivity index (χ1n) is 4.09. The fourth-order valence-electron chi connectivity index (χ4n) is 1.24. The average molecular weight is 175 g/mol. The van der Waals surface area contributed by atoms with Gasteiger partial charge in [0, 0.05) is 18.9 Å². The first-order valence-corrected chi connectivity index (χ1v) is 4.09. The predicted octanol–water partition coefficient (Wildman–Crippen LogP) is 1.90. The number of carbonyl (C=O) groups is 1. The molecule has 0 bridgehead atoms. The number of aromatic nitrogens is 1. The van der Waals surface area contributed by atoms with Crippen LogP contribution < -0.4 is 0 Å². The fourth-order valence-corrected chi connectivity index (χ4v) is 1.24. The second-order valence-electron chi connectivity index (χ2n) is 2.92. The minimum atomic E-state index is 0.109. The Labute approximate surface area is 75.8 Å². The minimum Gasteiger partial charge on any atom is -0.449 e. The van der Waals surface area contributed by atoms with Gasteiger partial charge in [0.05, 0.1) is 0 Å². The summed E-state index contributed by atoms with van der Waals surface area (Å²) in [6, 6.07) is 0. The summed E-state index contributed by atoms with van der Waals surface area (Å²) in [6.45, 7) is 1.78. The van der Waals surface area contributed by atoms with E-state index >= 15 is 0 Å². The summed E-state index contributed by atoms with van der Waals surface area (Å²) in [4.78, 5) is 15.2. The molecule has 1 aromatic rings. The topological polar surface area (TPSA) is 43.1 Å². The van der Waals surface area contributed by atoms with E-state index in [4.69, 9.17) is 4.42 Å². The molecule has 0 atom stereocenters. The number of ketones is 1. The molecule has 66 valence electrons. The highest BCUT2D eigenvalue weighted by Gasteiger charge is 2.09. The molecule has 0 N–H and O–H groups in total. The maximum Gasteiger partial charge on any atom is 0.191 e. The number of allylic oxidation sites excluding steroid dienone is 4. The van der Waals surface area contributed by atoms with E-state index in [1.807, 2.05) is 12.2 Å². The number of oxazole rings is 1. The summed E-state index contributed by atoms with van der Waals surface area (Å²) in [5.41, 5.74) is 1.55. The van der Waals surface area contributed by atoms with Crippen molar-refractivity contribution >= 4 is 11.4 Å². The van der Waals surface area contributed by atoms with Crippen molar-refractivity contribution in [1.82, 2.24) is 4.98 Å². The Balaban J connectivity index is 2.36. The Morgan fingerprint density at radius 3 is 3.00 bits per heavy atom. The van der Waals surface area contributed by atoms with Crippen LogP contribution in [0.1, 0.15) is 18.0 Å². The van der Waals surface area contributed by atoms with Gasteiger partial charge >= 0.3 is 0 Å². The Bertz CT molecular complexity index is 399. The predicted molar refractivity (Wildman–Crippen MR) is 48.0 cm³/mol. The van der Waals surface area contributed by atoms with Gasteiger partial charge in [-0.15, -0.1) is 0 Å². The summed E-state index contributed by atoms with van der Waals surface area (Å²) in [5, 5.41) is 0. The molecule has 0 amide bonds. The van der Waals surface area contributed by atoms with Crippen molar-refractivity contribution in [2.75, 3.05) is 0 Å². The molecule has 0 spiro atoms. The molecule has 1 aliphatic carbocycles. The van der Waals surface area contributed by atoms with Crippen LogP contribution in [0.3, 0.4) is 0 Å². The zero-order valence-corrected chi connectivity index (χ0v) is 7.28. The van der Waals surface area contributed by atoms with Gasteiger partial charge in [-0.3, -0.25) is 4.79 Å². The van der Waals surface area contributed by atoms with Crippen LogP contribution in [0.15, 0.2) is 28.9 Å². The largest absolute Gasteiger partial charge is 0.449 e. The van der Waals surface area contributed by atoms with Gasteiger partial charge in [0.2, 0.25) is 0 Å². The van der Waals surface area contributed by atoms with Crippen LogP contribution in [0.5, 0.6) is 0 Å². The number of rotatable bonds is 1. The van der Waals surface area contributed by atoms with Crippen LogP contribution >= 0.6 is 0 Å². The van der Waals surface area contributed by atoms with Gasteiger partial charge < -0.3 is 4.42 Å². The molecule has 0 radical (unpaired) electrons. The lowest BCUT2D eigenvalue weighted by Gasteiger charge is -2.00. The first kappa shape index (κ1) is 7.98. The standard InChI is InChI=1S/C10H9NO2/c1-7-11-10(6-13-7)8-3-2-4-9(12)5-8/h2-3,5-6H,4H2,1H3. The van der Waals surface area contributed by atoms with Gasteiger partial charge in [0.15, 0.2) is 11.7 Å². The van der Waals surface area contributed by atoms with Crippen molar-refractivity contribution in [3.05, 3.63) is 36.1 Å². The summed E-state index contributed by atoms with van der Waals surface area (Å²) in [6.07, 6.45) is 7.36. The normalized spacial score (nSPS) is 16.1. The molecule has 2 rings (SSSR count). The lowest BCUT2D eigenvalue weighted by Crippen LogP contribution is -1.97. The quantitative estimate of drug-likeness (QED) is 0.654. The molecule has 0 saturated heterocycles. The Hall–Kier alpha value is -1.64. The van der Waals surface area contributed by atoms with E-state index in [-0.39, 0.29) is 5.78 Å². The number of hydrogen-bond donors (Lipinski definition) is 0. The summed E-state index contributed by atoms with van der Waals surface area (Å²) < 4.78 is 5.06. The molecular formula is C10H9NO2. The van der Waals surface area contributed by atoms with Crippen molar-refractivity contribution in [3.8, 4) is 0 Å². The third-order valence-corrected chi connectivity index (χ3v) is 1.85. The zero-order valence-electron chi connectivity index (χ0n) is 7.28. The van der Waals surface area contributed by atoms with E-state index in [1.54, 1.807) is 19.3 Å². The lowest BCUT2D eigenvalue weighted by atomic mass is 10.0. The number of aryl methyl sites for hydroxylation is 1. The molecule has 0 aromatic carbocycles. The second kappa shape index (κ2) is 3.01. The Morgan fingerprint density at radius 2 is 2.38 bits per heavy atom. The van der Waals surface area contributed by atoms with E-state index < -0.39 is 0 Å². The molecule has 0 fully saturated rings. The molecule has 0 saturated carbocycles. The van der Waals surface area contributed by atoms with Crippen molar-refractivity contribution < 1.29 is 9.21 Å². The highest BCUT2D eigenvalue weighted by molar-refractivity contribution is 6.01. The molecule has 1 heterocycles. The van der Waals surface area contributed by atoms with Crippen molar-refractivity contribution in [1.29, 1.82) is 0 Å². The molecular weight excluding hydrogens is 166 g/mol. The smallest absolute Gasteiger partial charge is 0.191 e. The van der Waals surface area contributed by atoms with E-state index in [2.05, 4.69) is 4.98 Å². The SMILES string of the molecule is Cc1nc(C2=CC(=O)CC=C2)co1.